The van der Waals surface area contributed by atoms with Gasteiger partial charge in [-0.15, -0.1) is 0 Å². The van der Waals surface area contributed by atoms with Gasteiger partial charge in [0.15, 0.2) is 0 Å². The predicted molar refractivity (Wildman–Crippen MR) is 41.9 cm³/mol. The van der Waals surface area contributed by atoms with Gasteiger partial charge in [-0.2, -0.15) is 0 Å². The molecule has 1 amide bonds. The van der Waals surface area contributed by atoms with Crippen LogP contribution in [0.3, 0.4) is 0 Å². The maximum Gasteiger partial charge on any atom is 0.234 e. The quantitative estimate of drug-likeness (QED) is 0.558. The van der Waals surface area contributed by atoms with Crippen molar-refractivity contribution in [2.45, 2.75) is 37.8 Å². The van der Waals surface area contributed by atoms with Gasteiger partial charge >= 0.3 is 0 Å². The summed E-state index contributed by atoms with van der Waals surface area (Å²) >= 11 is 0. The minimum atomic E-state index is -0.181. The van der Waals surface area contributed by atoms with Gasteiger partial charge < -0.3 is 11.1 Å². The van der Waals surface area contributed by atoms with Gasteiger partial charge in [-0.3, -0.25) is 4.79 Å². The lowest BCUT2D eigenvalue weighted by molar-refractivity contribution is -0.119. The van der Waals surface area contributed by atoms with Crippen LogP contribution < -0.4 is 11.1 Å². The molecule has 1 heterocycles. The van der Waals surface area contributed by atoms with E-state index < -0.39 is 0 Å². The summed E-state index contributed by atoms with van der Waals surface area (Å²) < 4.78 is 0. The number of hydrogen-bond acceptors (Lipinski definition) is 2. The summed E-state index contributed by atoms with van der Waals surface area (Å²) in [6.45, 7) is 0. The Bertz CT molecular complexity index is 169. The van der Waals surface area contributed by atoms with E-state index in [2.05, 4.69) is 5.32 Å². The Kier molecular flexibility index (Phi) is 1.60. The van der Waals surface area contributed by atoms with Crippen LogP contribution in [-0.2, 0) is 4.79 Å². The lowest BCUT2D eigenvalue weighted by atomic mass is 10.0. The van der Waals surface area contributed by atoms with E-state index in [1.54, 1.807) is 0 Å². The number of nitrogens with one attached hydrogen (secondary N) is 1. The molecular formula is C8H14N2O. The minimum Gasteiger partial charge on any atom is -0.368 e. The van der Waals surface area contributed by atoms with E-state index in [-0.39, 0.29) is 11.9 Å². The van der Waals surface area contributed by atoms with Crippen LogP contribution in [0.4, 0.5) is 0 Å². The molecule has 62 valence electrons. The molecule has 0 bridgehead atoms. The van der Waals surface area contributed by atoms with E-state index in [1.807, 2.05) is 0 Å². The first kappa shape index (κ1) is 7.10. The number of fused-ring (bicyclic) bond motifs is 1. The Hall–Kier alpha value is -0.570. The highest BCUT2D eigenvalue weighted by atomic mass is 16.1. The van der Waals surface area contributed by atoms with Crippen molar-refractivity contribution in [2.75, 3.05) is 0 Å². The summed E-state index contributed by atoms with van der Waals surface area (Å²) in [4.78, 5) is 10.8. The lowest BCUT2D eigenvalue weighted by Crippen LogP contribution is -2.39. The summed E-state index contributed by atoms with van der Waals surface area (Å²) in [5.41, 5.74) is 5.20. The van der Waals surface area contributed by atoms with Gasteiger partial charge in [0.25, 0.3) is 0 Å². The average molecular weight is 154 g/mol. The first-order valence-corrected chi connectivity index (χ1v) is 4.33. The molecule has 2 rings (SSSR count). The Morgan fingerprint density at radius 1 is 1.45 bits per heavy atom. The zero-order valence-electron chi connectivity index (χ0n) is 6.55. The van der Waals surface area contributed by atoms with Gasteiger partial charge in [0.05, 0.1) is 6.04 Å². The molecule has 1 aliphatic carbocycles. The summed E-state index contributed by atoms with van der Waals surface area (Å²) in [6.07, 6.45) is 4.80. The van der Waals surface area contributed by atoms with Crippen molar-refractivity contribution in [3.8, 4) is 0 Å². The van der Waals surface area contributed by atoms with Gasteiger partial charge in [-0.1, -0.05) is 6.42 Å². The highest BCUT2D eigenvalue weighted by molar-refractivity contribution is 5.80. The SMILES string of the molecule is NC(=O)C1CC2CCCC2N1. The van der Waals surface area contributed by atoms with Crippen LogP contribution in [0.25, 0.3) is 0 Å². The molecule has 2 fully saturated rings. The van der Waals surface area contributed by atoms with Gasteiger partial charge in [0.1, 0.15) is 0 Å². The van der Waals surface area contributed by atoms with Crippen molar-refractivity contribution >= 4 is 5.91 Å². The van der Waals surface area contributed by atoms with E-state index in [1.165, 1.54) is 19.3 Å². The first-order valence-electron chi connectivity index (χ1n) is 4.33. The number of carbonyl (C=O) groups is 1. The highest BCUT2D eigenvalue weighted by Gasteiger charge is 2.38. The molecule has 3 nitrogen and oxygen atoms in total. The molecule has 0 aromatic carbocycles. The summed E-state index contributed by atoms with van der Waals surface area (Å²) in [5.74, 6) is 0.548. The number of nitrogens with two attached hydrogens (primary N) is 1. The van der Waals surface area contributed by atoms with Crippen LogP contribution in [0.15, 0.2) is 0 Å². The zero-order valence-corrected chi connectivity index (χ0v) is 6.55. The summed E-state index contributed by atoms with van der Waals surface area (Å²) in [7, 11) is 0. The molecule has 11 heavy (non-hydrogen) atoms. The van der Waals surface area contributed by atoms with Crippen molar-refractivity contribution in [3.63, 3.8) is 0 Å². The van der Waals surface area contributed by atoms with Gasteiger partial charge in [0.2, 0.25) is 5.91 Å². The van der Waals surface area contributed by atoms with E-state index in [0.29, 0.717) is 6.04 Å². The first-order chi connectivity index (χ1) is 5.27. The molecule has 0 aromatic rings. The maximum absolute atomic E-state index is 10.8. The van der Waals surface area contributed by atoms with E-state index in [0.717, 1.165) is 12.3 Å². The Morgan fingerprint density at radius 2 is 2.27 bits per heavy atom. The Labute approximate surface area is 66.3 Å². The second kappa shape index (κ2) is 2.48. The Morgan fingerprint density at radius 3 is 2.91 bits per heavy atom. The molecule has 1 saturated carbocycles. The normalized spacial score (nSPS) is 42.4. The van der Waals surface area contributed by atoms with Crippen LogP contribution in [0.5, 0.6) is 0 Å². The number of amides is 1. The molecule has 0 spiro atoms. The van der Waals surface area contributed by atoms with Crippen LogP contribution in [0.1, 0.15) is 25.7 Å². The van der Waals surface area contributed by atoms with Gasteiger partial charge in [0, 0.05) is 6.04 Å². The van der Waals surface area contributed by atoms with Crippen molar-refractivity contribution < 1.29 is 4.79 Å². The van der Waals surface area contributed by atoms with Crippen molar-refractivity contribution in [1.82, 2.24) is 5.32 Å². The largest absolute Gasteiger partial charge is 0.368 e. The molecule has 0 aromatic heterocycles. The molecule has 3 unspecified atom stereocenters. The van der Waals surface area contributed by atoms with E-state index >= 15 is 0 Å². The van der Waals surface area contributed by atoms with E-state index in [9.17, 15) is 4.79 Å². The number of carbonyl (C=O) groups excluding carboxylic acids is 1. The summed E-state index contributed by atoms with van der Waals surface area (Å²) in [6, 6.07) is 0.554. The third-order valence-corrected chi connectivity index (χ3v) is 2.96. The van der Waals surface area contributed by atoms with Crippen LogP contribution in [0, 0.1) is 5.92 Å². The zero-order chi connectivity index (χ0) is 7.84. The van der Waals surface area contributed by atoms with Crippen LogP contribution in [-0.4, -0.2) is 18.0 Å². The third kappa shape index (κ3) is 1.13. The maximum atomic E-state index is 10.8. The average Bonchev–Trinajstić information content (AvgIpc) is 2.40. The smallest absolute Gasteiger partial charge is 0.234 e. The van der Waals surface area contributed by atoms with Crippen molar-refractivity contribution in [2.24, 2.45) is 11.7 Å². The number of rotatable bonds is 1. The predicted octanol–water partition coefficient (Wildman–Crippen LogP) is 0.00230. The van der Waals surface area contributed by atoms with Crippen LogP contribution >= 0.6 is 0 Å². The van der Waals surface area contributed by atoms with Crippen molar-refractivity contribution in [1.29, 1.82) is 0 Å². The van der Waals surface area contributed by atoms with Gasteiger partial charge in [-0.05, 0) is 25.2 Å². The fraction of sp³-hybridized carbons (Fsp3) is 0.875. The molecule has 1 saturated heterocycles. The monoisotopic (exact) mass is 154 g/mol. The molecule has 3 N–H and O–H groups in total. The Balaban J connectivity index is 1.99. The standard InChI is InChI=1S/C8H14N2O/c9-8(11)7-4-5-2-1-3-6(5)10-7/h5-7,10H,1-4H2,(H2,9,11). The van der Waals surface area contributed by atoms with Crippen molar-refractivity contribution in [3.05, 3.63) is 0 Å². The molecule has 0 radical (unpaired) electrons. The lowest BCUT2D eigenvalue weighted by Gasteiger charge is -2.08. The second-order valence-corrected chi connectivity index (χ2v) is 3.65. The molecular weight excluding hydrogens is 140 g/mol. The molecule has 3 atom stereocenters. The number of hydrogen-bond donors (Lipinski definition) is 2. The molecule has 1 aliphatic heterocycles. The second-order valence-electron chi connectivity index (χ2n) is 3.65. The number of primary amides is 1. The third-order valence-electron chi connectivity index (χ3n) is 2.96. The summed E-state index contributed by atoms with van der Waals surface area (Å²) in [5, 5.41) is 3.28. The fourth-order valence-corrected chi connectivity index (χ4v) is 2.37. The van der Waals surface area contributed by atoms with E-state index in [4.69, 9.17) is 5.73 Å². The van der Waals surface area contributed by atoms with Crippen LogP contribution in [0.2, 0.25) is 0 Å². The van der Waals surface area contributed by atoms with Gasteiger partial charge in [-0.25, -0.2) is 0 Å². The molecule has 2 aliphatic rings. The minimum absolute atomic E-state index is 0.0368. The highest BCUT2D eigenvalue weighted by Crippen LogP contribution is 2.34. The molecule has 3 heteroatoms. The fourth-order valence-electron chi connectivity index (χ4n) is 2.37. The topological polar surface area (TPSA) is 55.1 Å².